The lowest BCUT2D eigenvalue weighted by Gasteiger charge is -2.19. The van der Waals surface area contributed by atoms with Crippen LogP contribution in [0, 0.1) is 5.92 Å². The second-order valence-corrected chi connectivity index (χ2v) is 9.19. The van der Waals surface area contributed by atoms with Gasteiger partial charge in [-0.25, -0.2) is 4.79 Å². The van der Waals surface area contributed by atoms with Crippen LogP contribution in [-0.2, 0) is 9.53 Å². The fourth-order valence-corrected chi connectivity index (χ4v) is 3.11. The van der Waals surface area contributed by atoms with Gasteiger partial charge in [0, 0.05) is 25.2 Å². The highest BCUT2D eigenvalue weighted by molar-refractivity contribution is 6.22. The minimum atomic E-state index is -0.674. The molecular weight excluding hydrogens is 428 g/mol. The van der Waals surface area contributed by atoms with E-state index in [-0.39, 0.29) is 47.2 Å². The molecule has 0 saturated heterocycles. The predicted molar refractivity (Wildman–Crippen MR) is 121 cm³/mol. The van der Waals surface area contributed by atoms with E-state index in [4.69, 9.17) is 4.74 Å². The van der Waals surface area contributed by atoms with Crippen molar-refractivity contribution in [1.29, 1.82) is 0 Å². The first-order valence-electron chi connectivity index (χ1n) is 10.9. The van der Waals surface area contributed by atoms with E-state index in [0.717, 1.165) is 0 Å². The van der Waals surface area contributed by atoms with Crippen LogP contribution in [0.5, 0.6) is 0 Å². The molecule has 5 amide bonds. The largest absolute Gasteiger partial charge is 0.444 e. The summed E-state index contributed by atoms with van der Waals surface area (Å²) in [5.74, 6) is -1.34. The molecular formula is C23H32N4O6. The van der Waals surface area contributed by atoms with Gasteiger partial charge >= 0.3 is 6.09 Å². The summed E-state index contributed by atoms with van der Waals surface area (Å²) in [7, 11) is 0. The van der Waals surface area contributed by atoms with Crippen molar-refractivity contribution in [2.24, 2.45) is 5.92 Å². The average Bonchev–Trinajstić information content (AvgIpc) is 2.94. The number of nitrogens with one attached hydrogen (secondary N) is 3. The van der Waals surface area contributed by atoms with Crippen LogP contribution in [0.3, 0.4) is 0 Å². The number of hydrogen-bond donors (Lipinski definition) is 3. The Morgan fingerprint density at radius 3 is 2.24 bits per heavy atom. The Bertz CT molecular complexity index is 935. The van der Waals surface area contributed by atoms with Gasteiger partial charge in [-0.15, -0.1) is 0 Å². The van der Waals surface area contributed by atoms with E-state index in [9.17, 15) is 24.0 Å². The second-order valence-electron chi connectivity index (χ2n) is 9.19. The van der Waals surface area contributed by atoms with Crippen molar-refractivity contribution >= 4 is 29.7 Å². The van der Waals surface area contributed by atoms with E-state index < -0.39 is 11.7 Å². The molecule has 3 N–H and O–H groups in total. The van der Waals surface area contributed by atoms with Gasteiger partial charge < -0.3 is 20.7 Å². The lowest BCUT2D eigenvalue weighted by atomic mass is 10.1. The molecule has 0 aromatic heterocycles. The van der Waals surface area contributed by atoms with Crippen LogP contribution in [0.25, 0.3) is 0 Å². The highest BCUT2D eigenvalue weighted by Crippen LogP contribution is 2.24. The number of ether oxygens (including phenoxy) is 1. The zero-order valence-corrected chi connectivity index (χ0v) is 19.7. The number of carbonyl (C=O) groups excluding carboxylic acids is 5. The standard InChI is InChI=1S/C23H32N4O6/c1-14(2)13-27-20(30)16-8-7-15(11-17(16)21(27)31)19(29)25-10-6-9-24-18(28)12-26-22(32)33-23(3,4)5/h7-8,11,14H,6,9-10,12-13H2,1-5H3,(H,24,28)(H,25,29)(H,26,32). The molecule has 0 radical (unpaired) electrons. The lowest BCUT2D eigenvalue weighted by molar-refractivity contribution is -0.120. The molecule has 0 fully saturated rings. The number of amides is 5. The Kier molecular flexibility index (Phi) is 8.56. The first kappa shape index (κ1) is 25.8. The molecule has 1 aromatic rings. The summed E-state index contributed by atoms with van der Waals surface area (Å²) in [6.07, 6.45) is -0.208. The number of benzene rings is 1. The molecule has 10 heteroatoms. The van der Waals surface area contributed by atoms with Crippen molar-refractivity contribution in [2.45, 2.75) is 46.6 Å². The number of rotatable bonds is 9. The molecule has 0 bridgehead atoms. The number of carbonyl (C=O) groups is 5. The Morgan fingerprint density at radius 1 is 0.970 bits per heavy atom. The lowest BCUT2D eigenvalue weighted by Crippen LogP contribution is -2.40. The maximum Gasteiger partial charge on any atom is 0.408 e. The zero-order valence-electron chi connectivity index (χ0n) is 19.7. The third kappa shape index (κ3) is 7.58. The Balaban J connectivity index is 1.74. The highest BCUT2D eigenvalue weighted by Gasteiger charge is 2.36. The summed E-state index contributed by atoms with van der Waals surface area (Å²) >= 11 is 0. The van der Waals surface area contributed by atoms with Gasteiger partial charge in [-0.1, -0.05) is 13.8 Å². The molecule has 0 atom stereocenters. The molecule has 180 valence electrons. The summed E-state index contributed by atoms with van der Waals surface area (Å²) in [5.41, 5.74) is 0.179. The van der Waals surface area contributed by atoms with Gasteiger partial charge in [0.05, 0.1) is 17.7 Å². The van der Waals surface area contributed by atoms with Crippen LogP contribution in [0.15, 0.2) is 18.2 Å². The van der Waals surface area contributed by atoms with Crippen LogP contribution in [0.4, 0.5) is 4.79 Å². The van der Waals surface area contributed by atoms with E-state index in [1.54, 1.807) is 20.8 Å². The minimum Gasteiger partial charge on any atom is -0.444 e. The maximum absolute atomic E-state index is 12.5. The van der Waals surface area contributed by atoms with Gasteiger partial charge in [0.2, 0.25) is 5.91 Å². The van der Waals surface area contributed by atoms with Crippen molar-refractivity contribution in [2.75, 3.05) is 26.2 Å². The monoisotopic (exact) mass is 460 g/mol. The fourth-order valence-electron chi connectivity index (χ4n) is 3.11. The van der Waals surface area contributed by atoms with Gasteiger partial charge in [0.1, 0.15) is 5.60 Å². The first-order valence-corrected chi connectivity index (χ1v) is 10.9. The number of nitrogens with zero attached hydrogens (tertiary/aromatic N) is 1. The van der Waals surface area contributed by atoms with E-state index in [2.05, 4.69) is 16.0 Å². The Morgan fingerprint density at radius 2 is 1.61 bits per heavy atom. The summed E-state index contributed by atoms with van der Waals surface area (Å²) < 4.78 is 5.04. The molecule has 2 rings (SSSR count). The molecule has 0 spiro atoms. The maximum atomic E-state index is 12.5. The van der Waals surface area contributed by atoms with Crippen LogP contribution in [-0.4, -0.2) is 66.4 Å². The van der Waals surface area contributed by atoms with E-state index in [1.807, 2.05) is 13.8 Å². The number of imide groups is 1. The van der Waals surface area contributed by atoms with Gasteiger partial charge in [-0.05, 0) is 51.3 Å². The molecule has 1 aliphatic rings. The Hall–Kier alpha value is -3.43. The van der Waals surface area contributed by atoms with Crippen LogP contribution >= 0.6 is 0 Å². The smallest absolute Gasteiger partial charge is 0.408 e. The van der Waals surface area contributed by atoms with Crippen molar-refractivity contribution in [3.8, 4) is 0 Å². The molecule has 10 nitrogen and oxygen atoms in total. The third-order valence-corrected chi connectivity index (χ3v) is 4.53. The molecule has 0 unspecified atom stereocenters. The first-order chi connectivity index (χ1) is 15.4. The molecule has 0 saturated carbocycles. The number of alkyl carbamates (subject to hydrolysis) is 1. The SMILES string of the molecule is CC(C)CN1C(=O)c2ccc(C(=O)NCCCNC(=O)CNC(=O)OC(C)(C)C)cc2C1=O. The highest BCUT2D eigenvalue weighted by atomic mass is 16.6. The van der Waals surface area contributed by atoms with Crippen molar-refractivity contribution < 1.29 is 28.7 Å². The van der Waals surface area contributed by atoms with E-state index >= 15 is 0 Å². The predicted octanol–water partition coefficient (Wildman–Crippen LogP) is 1.70. The average molecular weight is 461 g/mol. The van der Waals surface area contributed by atoms with Crippen molar-refractivity contribution in [3.05, 3.63) is 34.9 Å². The molecule has 1 aliphatic heterocycles. The molecule has 1 aromatic carbocycles. The van der Waals surface area contributed by atoms with Gasteiger partial charge in [-0.3, -0.25) is 24.1 Å². The number of hydrogen-bond acceptors (Lipinski definition) is 6. The van der Waals surface area contributed by atoms with Crippen LogP contribution in [0.2, 0.25) is 0 Å². The Labute approximate surface area is 193 Å². The molecule has 0 aliphatic carbocycles. The van der Waals surface area contributed by atoms with Crippen molar-refractivity contribution in [1.82, 2.24) is 20.9 Å². The quantitative estimate of drug-likeness (QED) is 0.379. The second kappa shape index (κ2) is 10.9. The van der Waals surface area contributed by atoms with Gasteiger partial charge in [0.25, 0.3) is 17.7 Å². The van der Waals surface area contributed by atoms with Crippen LogP contribution in [0.1, 0.15) is 72.1 Å². The molecule has 33 heavy (non-hydrogen) atoms. The minimum absolute atomic E-state index is 0.142. The van der Waals surface area contributed by atoms with Gasteiger partial charge in [0.15, 0.2) is 0 Å². The van der Waals surface area contributed by atoms with E-state index in [1.165, 1.54) is 23.1 Å². The van der Waals surface area contributed by atoms with Gasteiger partial charge in [-0.2, -0.15) is 0 Å². The summed E-state index contributed by atoms with van der Waals surface area (Å²) in [5, 5.41) is 7.71. The topological polar surface area (TPSA) is 134 Å². The summed E-state index contributed by atoms with van der Waals surface area (Å²) in [6, 6.07) is 4.46. The van der Waals surface area contributed by atoms with Crippen LogP contribution < -0.4 is 16.0 Å². The fraction of sp³-hybridized carbons (Fsp3) is 0.522. The van der Waals surface area contributed by atoms with E-state index in [0.29, 0.717) is 31.6 Å². The molecule has 1 heterocycles. The zero-order chi connectivity index (χ0) is 24.8. The summed E-state index contributed by atoms with van der Waals surface area (Å²) in [6.45, 7) is 9.72. The normalized spacial score (nSPS) is 13.1. The van der Waals surface area contributed by atoms with Crippen molar-refractivity contribution in [3.63, 3.8) is 0 Å². The third-order valence-electron chi connectivity index (χ3n) is 4.53. The number of fused-ring (bicyclic) bond motifs is 1. The summed E-state index contributed by atoms with van der Waals surface area (Å²) in [4.78, 5) is 61.8.